The lowest BCUT2D eigenvalue weighted by molar-refractivity contribution is 0.285. The molecular weight excluding hydrogens is 302 g/mol. The van der Waals surface area contributed by atoms with Gasteiger partial charge in [-0.05, 0) is 24.6 Å². The van der Waals surface area contributed by atoms with Gasteiger partial charge in [0.2, 0.25) is 10.0 Å². The van der Waals surface area contributed by atoms with E-state index in [9.17, 15) is 8.42 Å². The van der Waals surface area contributed by atoms with E-state index in [0.29, 0.717) is 11.4 Å². The molecule has 0 saturated carbocycles. The second-order valence-corrected chi connectivity index (χ2v) is 7.97. The normalized spacial score (nSPS) is 11.9. The van der Waals surface area contributed by atoms with Gasteiger partial charge in [-0.1, -0.05) is 6.92 Å². The molecule has 2 aromatic rings. The van der Waals surface area contributed by atoms with Crippen LogP contribution in [0.4, 0.5) is 0 Å². The van der Waals surface area contributed by atoms with Crippen molar-refractivity contribution in [2.45, 2.75) is 31.4 Å². The number of hydrogen-bond acceptors (Lipinski definition) is 5. The molecule has 0 aliphatic carbocycles. The van der Waals surface area contributed by atoms with Crippen LogP contribution in [0.2, 0.25) is 0 Å². The summed E-state index contributed by atoms with van der Waals surface area (Å²) in [6.45, 7) is 2.24. The van der Waals surface area contributed by atoms with E-state index >= 15 is 0 Å². The van der Waals surface area contributed by atoms with Gasteiger partial charge in [-0.3, -0.25) is 0 Å². The molecule has 0 bridgehead atoms. The SMILES string of the molecule is CCc1ccc(CNS(=O)(=O)c2csc(CO)c2)s1. The molecule has 0 saturated heterocycles. The molecule has 0 unspecified atom stereocenters. The summed E-state index contributed by atoms with van der Waals surface area (Å²) in [5.41, 5.74) is 0. The van der Waals surface area contributed by atoms with E-state index in [1.807, 2.05) is 12.1 Å². The van der Waals surface area contributed by atoms with E-state index in [1.54, 1.807) is 16.7 Å². The number of aryl methyl sites for hydroxylation is 1. The molecule has 0 aliphatic rings. The third kappa shape index (κ3) is 3.64. The number of hydrogen-bond donors (Lipinski definition) is 2. The zero-order valence-corrected chi connectivity index (χ0v) is 12.9. The first-order valence-corrected chi connectivity index (χ1v) is 8.98. The molecule has 0 amide bonds. The molecule has 0 aromatic carbocycles. The van der Waals surface area contributed by atoms with E-state index in [4.69, 9.17) is 5.11 Å². The molecule has 7 heteroatoms. The third-order valence-electron chi connectivity index (χ3n) is 2.60. The Labute approximate surface area is 120 Å². The lowest BCUT2D eigenvalue weighted by Gasteiger charge is -2.02. The van der Waals surface area contributed by atoms with Crippen molar-refractivity contribution in [2.75, 3.05) is 0 Å². The maximum atomic E-state index is 12.0. The van der Waals surface area contributed by atoms with Gasteiger partial charge >= 0.3 is 0 Å². The standard InChI is InChI=1S/C12H15NO3S3/c1-2-9-3-4-10(18-9)6-13-19(15,16)12-5-11(7-14)17-8-12/h3-5,8,13-14H,2,6-7H2,1H3. The number of rotatable bonds is 6. The van der Waals surface area contributed by atoms with Crippen LogP contribution in [-0.4, -0.2) is 13.5 Å². The Morgan fingerprint density at radius 1 is 1.26 bits per heavy atom. The minimum Gasteiger partial charge on any atom is -0.391 e. The summed E-state index contributed by atoms with van der Waals surface area (Å²) in [5.74, 6) is 0. The van der Waals surface area contributed by atoms with Crippen LogP contribution >= 0.6 is 22.7 Å². The van der Waals surface area contributed by atoms with E-state index < -0.39 is 10.0 Å². The van der Waals surface area contributed by atoms with Gasteiger partial charge in [0.15, 0.2) is 0 Å². The first-order valence-electron chi connectivity index (χ1n) is 5.80. The van der Waals surface area contributed by atoms with E-state index in [2.05, 4.69) is 11.6 Å². The number of sulfonamides is 1. The fraction of sp³-hybridized carbons (Fsp3) is 0.333. The Balaban J connectivity index is 2.05. The molecule has 0 fully saturated rings. The molecule has 2 rings (SSSR count). The number of thiophene rings is 2. The fourth-order valence-electron chi connectivity index (χ4n) is 1.54. The Hall–Kier alpha value is -0.730. The van der Waals surface area contributed by atoms with Crippen LogP contribution in [0.1, 0.15) is 21.6 Å². The van der Waals surface area contributed by atoms with Crippen molar-refractivity contribution < 1.29 is 13.5 Å². The maximum Gasteiger partial charge on any atom is 0.241 e. The third-order valence-corrected chi connectivity index (χ3v) is 6.28. The molecule has 2 N–H and O–H groups in total. The zero-order valence-electron chi connectivity index (χ0n) is 10.4. The molecule has 4 nitrogen and oxygen atoms in total. The predicted molar refractivity (Wildman–Crippen MR) is 78.0 cm³/mol. The first-order chi connectivity index (χ1) is 9.05. The van der Waals surface area contributed by atoms with Gasteiger partial charge in [0.05, 0.1) is 11.5 Å². The molecule has 0 radical (unpaired) electrons. The van der Waals surface area contributed by atoms with Crippen LogP contribution < -0.4 is 4.72 Å². The number of aliphatic hydroxyl groups excluding tert-OH is 1. The molecule has 0 atom stereocenters. The lowest BCUT2D eigenvalue weighted by atomic mass is 10.4. The smallest absolute Gasteiger partial charge is 0.241 e. The quantitative estimate of drug-likeness (QED) is 0.859. The average molecular weight is 317 g/mol. The molecule has 19 heavy (non-hydrogen) atoms. The summed E-state index contributed by atoms with van der Waals surface area (Å²) in [4.78, 5) is 3.10. The summed E-state index contributed by atoms with van der Waals surface area (Å²) in [7, 11) is -3.49. The lowest BCUT2D eigenvalue weighted by Crippen LogP contribution is -2.22. The highest BCUT2D eigenvalue weighted by Gasteiger charge is 2.16. The van der Waals surface area contributed by atoms with Crippen LogP contribution in [0, 0.1) is 0 Å². The fourth-order valence-corrected chi connectivity index (χ4v) is 4.67. The van der Waals surface area contributed by atoms with Crippen molar-refractivity contribution in [3.8, 4) is 0 Å². The van der Waals surface area contributed by atoms with Crippen molar-refractivity contribution in [2.24, 2.45) is 0 Å². The van der Waals surface area contributed by atoms with E-state index in [-0.39, 0.29) is 11.5 Å². The summed E-state index contributed by atoms with van der Waals surface area (Å²) in [6, 6.07) is 5.46. The van der Waals surface area contributed by atoms with Gasteiger partial charge in [-0.2, -0.15) is 0 Å². The molecule has 0 aliphatic heterocycles. The van der Waals surface area contributed by atoms with Crippen molar-refractivity contribution in [1.82, 2.24) is 4.72 Å². The van der Waals surface area contributed by atoms with E-state index in [1.165, 1.54) is 22.3 Å². The van der Waals surface area contributed by atoms with Crippen LogP contribution in [0.15, 0.2) is 28.5 Å². The Morgan fingerprint density at radius 3 is 2.58 bits per heavy atom. The van der Waals surface area contributed by atoms with Gasteiger partial charge < -0.3 is 5.11 Å². The van der Waals surface area contributed by atoms with Gasteiger partial charge in [-0.25, -0.2) is 13.1 Å². The number of nitrogens with one attached hydrogen (secondary N) is 1. The van der Waals surface area contributed by atoms with Crippen LogP contribution in [0.3, 0.4) is 0 Å². The van der Waals surface area contributed by atoms with Gasteiger partial charge in [0.1, 0.15) is 0 Å². The second-order valence-electron chi connectivity index (χ2n) is 3.95. The minimum atomic E-state index is -3.49. The van der Waals surface area contributed by atoms with Gasteiger partial charge in [0, 0.05) is 26.6 Å². The Bertz CT molecular complexity index is 643. The summed E-state index contributed by atoms with van der Waals surface area (Å²) < 4.78 is 26.6. The predicted octanol–water partition coefficient (Wildman–Crippen LogP) is 2.34. The highest BCUT2D eigenvalue weighted by Crippen LogP contribution is 2.21. The van der Waals surface area contributed by atoms with Crippen molar-refractivity contribution in [1.29, 1.82) is 0 Å². The summed E-state index contributed by atoms with van der Waals surface area (Å²) in [5, 5.41) is 10.5. The highest BCUT2D eigenvalue weighted by molar-refractivity contribution is 7.89. The van der Waals surface area contributed by atoms with Crippen molar-refractivity contribution in [3.63, 3.8) is 0 Å². The monoisotopic (exact) mass is 317 g/mol. The Kier molecular flexibility index (Phi) is 4.75. The van der Waals surface area contributed by atoms with Gasteiger partial charge in [-0.15, -0.1) is 22.7 Å². The second kappa shape index (κ2) is 6.15. The largest absolute Gasteiger partial charge is 0.391 e. The number of aliphatic hydroxyl groups is 1. The highest BCUT2D eigenvalue weighted by atomic mass is 32.2. The summed E-state index contributed by atoms with van der Waals surface area (Å²) >= 11 is 2.85. The molecule has 2 heterocycles. The topological polar surface area (TPSA) is 66.4 Å². The Morgan fingerprint density at radius 2 is 2.00 bits per heavy atom. The minimum absolute atomic E-state index is 0.134. The molecule has 0 spiro atoms. The maximum absolute atomic E-state index is 12.0. The zero-order chi connectivity index (χ0) is 13.9. The van der Waals surface area contributed by atoms with Crippen LogP contribution in [-0.2, 0) is 29.6 Å². The first kappa shape index (κ1) is 14.7. The molecular formula is C12H15NO3S3. The van der Waals surface area contributed by atoms with Crippen molar-refractivity contribution >= 4 is 32.7 Å². The molecule has 2 aromatic heterocycles. The van der Waals surface area contributed by atoms with E-state index in [0.717, 1.165) is 11.3 Å². The summed E-state index contributed by atoms with van der Waals surface area (Å²) in [6.07, 6.45) is 0.960. The van der Waals surface area contributed by atoms with Crippen LogP contribution in [0.5, 0.6) is 0 Å². The molecule has 104 valence electrons. The average Bonchev–Trinajstić information content (AvgIpc) is 3.05. The van der Waals surface area contributed by atoms with Gasteiger partial charge in [0.25, 0.3) is 0 Å². The van der Waals surface area contributed by atoms with Crippen molar-refractivity contribution in [3.05, 3.63) is 38.2 Å². The van der Waals surface area contributed by atoms with Crippen LogP contribution in [0.25, 0.3) is 0 Å².